The van der Waals surface area contributed by atoms with E-state index in [0.717, 1.165) is 11.3 Å². The van der Waals surface area contributed by atoms with E-state index in [1.165, 1.54) is 0 Å². The summed E-state index contributed by atoms with van der Waals surface area (Å²) in [6.45, 7) is 3.84. The minimum atomic E-state index is -0.454. The van der Waals surface area contributed by atoms with E-state index in [-0.39, 0.29) is 5.91 Å². The zero-order chi connectivity index (χ0) is 18.0. The molecular formula is C18H18ClN3O3. The Morgan fingerprint density at radius 3 is 2.76 bits per heavy atom. The molecule has 1 atom stereocenters. The fourth-order valence-corrected chi connectivity index (χ4v) is 2.93. The second-order valence-electron chi connectivity index (χ2n) is 5.78. The summed E-state index contributed by atoms with van der Waals surface area (Å²) in [5.41, 5.74) is 5.99. The van der Waals surface area contributed by atoms with E-state index >= 15 is 0 Å². The number of esters is 1. The van der Waals surface area contributed by atoms with Crippen molar-refractivity contribution < 1.29 is 14.3 Å². The molecule has 130 valence electrons. The van der Waals surface area contributed by atoms with Gasteiger partial charge in [0.1, 0.15) is 0 Å². The van der Waals surface area contributed by atoms with Crippen LogP contribution in [0, 0.1) is 6.92 Å². The highest BCUT2D eigenvalue weighted by Gasteiger charge is 2.30. The largest absolute Gasteiger partial charge is 0.462 e. The SMILES string of the molecule is CCOC(=O)c1cc(C2CC(c3ccc(Cl)cc3)=NNC2=O)[nH]c1C. The van der Waals surface area contributed by atoms with Crippen molar-refractivity contribution >= 4 is 29.2 Å². The fourth-order valence-electron chi connectivity index (χ4n) is 2.80. The van der Waals surface area contributed by atoms with Gasteiger partial charge in [-0.05, 0) is 37.6 Å². The molecule has 2 N–H and O–H groups in total. The maximum atomic E-state index is 12.3. The lowest BCUT2D eigenvalue weighted by molar-refractivity contribution is -0.122. The predicted octanol–water partition coefficient (Wildman–Crippen LogP) is 3.16. The van der Waals surface area contributed by atoms with Crippen molar-refractivity contribution in [3.05, 3.63) is 57.9 Å². The van der Waals surface area contributed by atoms with Gasteiger partial charge in [-0.2, -0.15) is 5.10 Å². The van der Waals surface area contributed by atoms with Crippen LogP contribution in [-0.2, 0) is 9.53 Å². The van der Waals surface area contributed by atoms with Crippen molar-refractivity contribution in [2.45, 2.75) is 26.2 Å². The van der Waals surface area contributed by atoms with Crippen molar-refractivity contribution in [3.8, 4) is 0 Å². The molecule has 1 aliphatic rings. The van der Waals surface area contributed by atoms with Gasteiger partial charge >= 0.3 is 5.97 Å². The van der Waals surface area contributed by atoms with Gasteiger partial charge in [0.2, 0.25) is 5.91 Å². The van der Waals surface area contributed by atoms with Crippen LogP contribution in [0.5, 0.6) is 0 Å². The Labute approximate surface area is 150 Å². The highest BCUT2D eigenvalue weighted by molar-refractivity contribution is 6.30. The van der Waals surface area contributed by atoms with Crippen molar-refractivity contribution in [1.29, 1.82) is 0 Å². The van der Waals surface area contributed by atoms with Crippen LogP contribution < -0.4 is 5.43 Å². The molecule has 3 rings (SSSR count). The van der Waals surface area contributed by atoms with Gasteiger partial charge in [0, 0.05) is 22.8 Å². The summed E-state index contributed by atoms with van der Waals surface area (Å²) < 4.78 is 5.04. The van der Waals surface area contributed by atoms with E-state index in [9.17, 15) is 9.59 Å². The lowest BCUT2D eigenvalue weighted by Gasteiger charge is -2.20. The number of halogens is 1. The van der Waals surface area contributed by atoms with E-state index in [1.54, 1.807) is 32.0 Å². The quantitative estimate of drug-likeness (QED) is 0.822. The van der Waals surface area contributed by atoms with Crippen LogP contribution in [0.25, 0.3) is 0 Å². The number of carbonyl (C=O) groups excluding carboxylic acids is 2. The first-order valence-electron chi connectivity index (χ1n) is 7.98. The summed E-state index contributed by atoms with van der Waals surface area (Å²) in [4.78, 5) is 27.4. The molecule has 1 aromatic carbocycles. The smallest absolute Gasteiger partial charge is 0.339 e. The van der Waals surface area contributed by atoms with Gasteiger partial charge < -0.3 is 9.72 Å². The van der Waals surface area contributed by atoms with Crippen LogP contribution in [-0.4, -0.2) is 29.2 Å². The molecule has 1 amide bonds. The monoisotopic (exact) mass is 359 g/mol. The van der Waals surface area contributed by atoms with Crippen molar-refractivity contribution in [1.82, 2.24) is 10.4 Å². The number of nitrogens with one attached hydrogen (secondary N) is 2. The summed E-state index contributed by atoms with van der Waals surface area (Å²) >= 11 is 5.92. The summed E-state index contributed by atoms with van der Waals surface area (Å²) in [6.07, 6.45) is 0.426. The summed E-state index contributed by atoms with van der Waals surface area (Å²) in [5, 5.41) is 4.79. The lowest BCUT2D eigenvalue weighted by Crippen LogP contribution is -2.33. The van der Waals surface area contributed by atoms with Gasteiger partial charge in [-0.25, -0.2) is 10.2 Å². The van der Waals surface area contributed by atoms with E-state index in [1.807, 2.05) is 12.1 Å². The highest BCUT2D eigenvalue weighted by Crippen LogP contribution is 2.27. The first-order valence-corrected chi connectivity index (χ1v) is 8.36. The normalized spacial score (nSPS) is 17.0. The van der Waals surface area contributed by atoms with Crippen molar-refractivity contribution in [2.75, 3.05) is 6.61 Å². The third-order valence-electron chi connectivity index (χ3n) is 4.10. The number of nitrogens with zero attached hydrogens (tertiary/aromatic N) is 1. The minimum Gasteiger partial charge on any atom is -0.462 e. The Morgan fingerprint density at radius 1 is 1.36 bits per heavy atom. The number of amides is 1. The van der Waals surface area contributed by atoms with Crippen LogP contribution in [0.1, 0.15) is 46.6 Å². The van der Waals surface area contributed by atoms with Gasteiger partial charge in [-0.15, -0.1) is 0 Å². The molecule has 1 unspecified atom stereocenters. The number of hydrogen-bond acceptors (Lipinski definition) is 4. The van der Waals surface area contributed by atoms with E-state index in [0.29, 0.717) is 35.0 Å². The summed E-state index contributed by atoms with van der Waals surface area (Å²) in [6, 6.07) is 8.97. The standard InChI is InChI=1S/C18H18ClN3O3/c1-3-25-18(24)13-8-16(20-10(13)2)14-9-15(21-22-17(14)23)11-4-6-12(19)7-5-11/h4-8,14,20H,3,9H2,1-2H3,(H,22,23). The Kier molecular flexibility index (Phi) is 4.90. The number of H-pyrrole nitrogens is 1. The minimum absolute atomic E-state index is 0.214. The predicted molar refractivity (Wildman–Crippen MR) is 95.0 cm³/mol. The molecule has 6 nitrogen and oxygen atoms in total. The molecule has 0 bridgehead atoms. The van der Waals surface area contributed by atoms with Gasteiger partial charge in [0.25, 0.3) is 0 Å². The molecule has 2 aromatic rings. The van der Waals surface area contributed by atoms with E-state index in [4.69, 9.17) is 16.3 Å². The first-order chi connectivity index (χ1) is 12.0. The number of aryl methyl sites for hydroxylation is 1. The van der Waals surface area contributed by atoms with Crippen LogP contribution in [0.4, 0.5) is 0 Å². The van der Waals surface area contributed by atoms with Gasteiger partial charge in [-0.3, -0.25) is 4.79 Å². The molecule has 1 aliphatic heterocycles. The molecule has 25 heavy (non-hydrogen) atoms. The Bertz CT molecular complexity index is 840. The zero-order valence-electron chi connectivity index (χ0n) is 13.9. The third kappa shape index (κ3) is 3.58. The Morgan fingerprint density at radius 2 is 2.08 bits per heavy atom. The number of hydrazone groups is 1. The topological polar surface area (TPSA) is 83.5 Å². The van der Waals surface area contributed by atoms with E-state index < -0.39 is 11.9 Å². The first kappa shape index (κ1) is 17.2. The number of rotatable bonds is 4. The van der Waals surface area contributed by atoms with Gasteiger partial charge in [0.15, 0.2) is 0 Å². The molecule has 0 radical (unpaired) electrons. The number of carbonyl (C=O) groups is 2. The Hall–Kier alpha value is -2.60. The van der Waals surface area contributed by atoms with Gasteiger partial charge in [0.05, 0.1) is 23.8 Å². The molecule has 1 aromatic heterocycles. The van der Waals surface area contributed by atoms with Crippen molar-refractivity contribution in [2.24, 2.45) is 5.10 Å². The molecule has 0 saturated heterocycles. The van der Waals surface area contributed by atoms with E-state index in [2.05, 4.69) is 15.5 Å². The average molecular weight is 360 g/mol. The fraction of sp³-hybridized carbons (Fsp3) is 0.278. The highest BCUT2D eigenvalue weighted by atomic mass is 35.5. The van der Waals surface area contributed by atoms with Crippen LogP contribution in [0.15, 0.2) is 35.4 Å². The number of benzene rings is 1. The number of hydrogen-bond donors (Lipinski definition) is 2. The van der Waals surface area contributed by atoms with Crippen LogP contribution in [0.2, 0.25) is 5.02 Å². The second-order valence-corrected chi connectivity index (χ2v) is 6.22. The zero-order valence-corrected chi connectivity index (χ0v) is 14.7. The lowest BCUT2D eigenvalue weighted by atomic mass is 9.93. The summed E-state index contributed by atoms with van der Waals surface area (Å²) in [5.74, 6) is -1.07. The third-order valence-corrected chi connectivity index (χ3v) is 4.35. The maximum absolute atomic E-state index is 12.3. The molecular weight excluding hydrogens is 342 g/mol. The van der Waals surface area contributed by atoms with Crippen LogP contribution in [0.3, 0.4) is 0 Å². The molecule has 2 heterocycles. The summed E-state index contributed by atoms with van der Waals surface area (Å²) in [7, 11) is 0. The number of ether oxygens (including phenoxy) is 1. The molecule has 0 saturated carbocycles. The Balaban J connectivity index is 1.86. The maximum Gasteiger partial charge on any atom is 0.339 e. The molecule has 0 aliphatic carbocycles. The van der Waals surface area contributed by atoms with Crippen LogP contribution >= 0.6 is 11.6 Å². The number of aromatic amines is 1. The van der Waals surface area contributed by atoms with Gasteiger partial charge in [-0.1, -0.05) is 23.7 Å². The second kappa shape index (κ2) is 7.11. The average Bonchev–Trinajstić information content (AvgIpc) is 2.98. The van der Waals surface area contributed by atoms with Crippen molar-refractivity contribution in [3.63, 3.8) is 0 Å². The molecule has 0 fully saturated rings. The molecule has 0 spiro atoms. The molecule has 7 heteroatoms. The number of aromatic nitrogens is 1.